The quantitative estimate of drug-likeness (QED) is 0.216. The summed E-state index contributed by atoms with van der Waals surface area (Å²) in [5, 5.41) is 7.46. The molecule has 0 bridgehead atoms. The summed E-state index contributed by atoms with van der Waals surface area (Å²) in [7, 11) is 0. The van der Waals surface area contributed by atoms with Crippen LogP contribution in [0.15, 0.2) is 77.2 Å². The van der Waals surface area contributed by atoms with Gasteiger partial charge in [0.15, 0.2) is 22.3 Å². The van der Waals surface area contributed by atoms with Gasteiger partial charge in [0.05, 0.1) is 10.6 Å². The van der Waals surface area contributed by atoms with Crippen LogP contribution in [0.2, 0.25) is 5.02 Å². The largest absolute Gasteiger partial charge is 0.436 e. The lowest BCUT2D eigenvalue weighted by molar-refractivity contribution is 0.0979. The number of amides is 1. The van der Waals surface area contributed by atoms with Crippen LogP contribution in [-0.4, -0.2) is 16.0 Å². The summed E-state index contributed by atoms with van der Waals surface area (Å²) in [6.07, 6.45) is 0. The molecule has 5 rings (SSSR count). The van der Waals surface area contributed by atoms with E-state index in [1.165, 1.54) is 0 Å². The number of aromatic nitrogens is 1. The maximum absolute atomic E-state index is 13.7. The Labute approximate surface area is 202 Å². The van der Waals surface area contributed by atoms with Crippen LogP contribution in [-0.2, 0) is 0 Å². The Hall–Kier alpha value is -3.88. The van der Waals surface area contributed by atoms with Crippen molar-refractivity contribution >= 4 is 62.4 Å². The van der Waals surface area contributed by atoms with E-state index in [1.807, 2.05) is 36.4 Å². The van der Waals surface area contributed by atoms with Crippen LogP contribution in [0.1, 0.15) is 10.4 Å². The van der Waals surface area contributed by atoms with Gasteiger partial charge in [-0.2, -0.15) is 0 Å². The number of halogens is 3. The summed E-state index contributed by atoms with van der Waals surface area (Å²) < 4.78 is 32.7. The molecule has 0 aliphatic carbocycles. The van der Waals surface area contributed by atoms with Gasteiger partial charge in [-0.05, 0) is 59.4 Å². The predicted molar refractivity (Wildman–Crippen MR) is 132 cm³/mol. The molecule has 0 radical (unpaired) electrons. The third-order valence-corrected chi connectivity index (χ3v) is 5.66. The Kier molecular flexibility index (Phi) is 5.69. The number of nitrogens with one attached hydrogen (secondary N) is 2. The van der Waals surface area contributed by atoms with Crippen LogP contribution in [0.25, 0.3) is 33.3 Å². The standard InChI is InChI=1S/C25H14ClF2N3O2S/c26-18-12-20(28)19(27)11-17(18)24-30-21-10-14(8-9-22(21)33-24)29-25(34)31-23(32)16-7-3-5-13-4-1-2-6-15(13)16/h1-12H,(H2,29,31,32,34). The highest BCUT2D eigenvalue weighted by Gasteiger charge is 2.16. The summed E-state index contributed by atoms with van der Waals surface area (Å²) in [6, 6.07) is 19.8. The van der Waals surface area contributed by atoms with Crippen molar-refractivity contribution in [2.45, 2.75) is 0 Å². The summed E-state index contributed by atoms with van der Waals surface area (Å²) in [5.74, 6) is -2.42. The molecule has 5 aromatic rings. The number of oxazole rings is 1. The molecule has 0 atom stereocenters. The lowest BCUT2D eigenvalue weighted by Crippen LogP contribution is -2.34. The Morgan fingerprint density at radius 3 is 2.59 bits per heavy atom. The van der Waals surface area contributed by atoms with Gasteiger partial charge in [-0.3, -0.25) is 10.1 Å². The van der Waals surface area contributed by atoms with Gasteiger partial charge in [-0.25, -0.2) is 13.8 Å². The molecule has 5 nitrogen and oxygen atoms in total. The molecular weight excluding hydrogens is 480 g/mol. The number of hydrogen-bond donors (Lipinski definition) is 2. The van der Waals surface area contributed by atoms with E-state index in [2.05, 4.69) is 15.6 Å². The molecule has 0 aliphatic rings. The Bertz CT molecular complexity index is 1600. The van der Waals surface area contributed by atoms with Crippen LogP contribution < -0.4 is 10.6 Å². The predicted octanol–water partition coefficient (Wildman–Crippen LogP) is 6.71. The molecule has 1 aromatic heterocycles. The number of carbonyl (C=O) groups excluding carboxylic acids is 1. The smallest absolute Gasteiger partial charge is 0.258 e. The van der Waals surface area contributed by atoms with Gasteiger partial charge in [0.25, 0.3) is 5.91 Å². The molecule has 168 valence electrons. The van der Waals surface area contributed by atoms with Gasteiger partial charge in [0.1, 0.15) is 5.52 Å². The monoisotopic (exact) mass is 493 g/mol. The lowest BCUT2D eigenvalue weighted by atomic mass is 10.0. The molecule has 9 heteroatoms. The highest BCUT2D eigenvalue weighted by Crippen LogP contribution is 2.32. The van der Waals surface area contributed by atoms with Crippen molar-refractivity contribution in [3.05, 3.63) is 95.0 Å². The first kappa shape index (κ1) is 21.9. The normalized spacial score (nSPS) is 11.0. The zero-order valence-corrected chi connectivity index (χ0v) is 18.8. The number of thiocarbonyl (C=S) groups is 1. The average Bonchev–Trinajstić information content (AvgIpc) is 3.24. The fourth-order valence-electron chi connectivity index (χ4n) is 3.56. The number of rotatable bonds is 3. The first-order valence-corrected chi connectivity index (χ1v) is 10.8. The topological polar surface area (TPSA) is 67.2 Å². The molecule has 34 heavy (non-hydrogen) atoms. The van der Waals surface area contributed by atoms with Gasteiger partial charge >= 0.3 is 0 Å². The minimum absolute atomic E-state index is 0.0267. The van der Waals surface area contributed by atoms with Gasteiger partial charge < -0.3 is 9.73 Å². The maximum atomic E-state index is 13.7. The van der Waals surface area contributed by atoms with Crippen LogP contribution in [0.3, 0.4) is 0 Å². The summed E-state index contributed by atoms with van der Waals surface area (Å²) in [5.41, 5.74) is 2.02. The van der Waals surface area contributed by atoms with E-state index in [9.17, 15) is 13.6 Å². The molecule has 4 aromatic carbocycles. The lowest BCUT2D eigenvalue weighted by Gasteiger charge is -2.11. The first-order chi connectivity index (χ1) is 16.4. The number of anilines is 1. The summed E-state index contributed by atoms with van der Waals surface area (Å²) in [4.78, 5) is 17.1. The van der Waals surface area contributed by atoms with Crippen molar-refractivity contribution in [2.24, 2.45) is 0 Å². The van der Waals surface area contributed by atoms with Crippen molar-refractivity contribution in [1.29, 1.82) is 0 Å². The molecule has 0 fully saturated rings. The van der Waals surface area contributed by atoms with Crippen molar-refractivity contribution < 1.29 is 18.0 Å². The van der Waals surface area contributed by atoms with Crippen LogP contribution in [0.4, 0.5) is 14.5 Å². The molecule has 1 amide bonds. The van der Waals surface area contributed by atoms with E-state index in [4.69, 9.17) is 28.2 Å². The fourth-order valence-corrected chi connectivity index (χ4v) is 4.00. The molecule has 0 saturated carbocycles. The van der Waals surface area contributed by atoms with E-state index >= 15 is 0 Å². The number of fused-ring (bicyclic) bond motifs is 2. The molecule has 0 unspecified atom stereocenters. The van der Waals surface area contributed by atoms with Crippen molar-refractivity contribution in [3.63, 3.8) is 0 Å². The van der Waals surface area contributed by atoms with Gasteiger partial charge in [0.2, 0.25) is 5.89 Å². The van der Waals surface area contributed by atoms with Crippen molar-refractivity contribution in [1.82, 2.24) is 10.3 Å². The third-order valence-electron chi connectivity index (χ3n) is 5.15. The van der Waals surface area contributed by atoms with E-state index in [0.717, 1.165) is 22.9 Å². The maximum Gasteiger partial charge on any atom is 0.258 e. The van der Waals surface area contributed by atoms with E-state index in [0.29, 0.717) is 22.4 Å². The van der Waals surface area contributed by atoms with Crippen LogP contribution in [0.5, 0.6) is 0 Å². The number of nitrogens with zero attached hydrogens (tertiary/aromatic N) is 1. The Balaban J connectivity index is 1.35. The average molecular weight is 494 g/mol. The van der Waals surface area contributed by atoms with Crippen molar-refractivity contribution in [2.75, 3.05) is 5.32 Å². The SMILES string of the molecule is O=C(NC(=S)Nc1ccc2oc(-c3cc(F)c(F)cc3Cl)nc2c1)c1cccc2ccccc12. The van der Waals surface area contributed by atoms with Crippen molar-refractivity contribution in [3.8, 4) is 11.5 Å². The van der Waals surface area contributed by atoms with Crippen LogP contribution in [0, 0.1) is 11.6 Å². The molecule has 0 aliphatic heterocycles. The minimum Gasteiger partial charge on any atom is -0.436 e. The van der Waals surface area contributed by atoms with Gasteiger partial charge in [0, 0.05) is 11.3 Å². The Morgan fingerprint density at radius 2 is 1.74 bits per heavy atom. The van der Waals surface area contributed by atoms with E-state index in [-0.39, 0.29) is 27.5 Å². The number of carbonyl (C=O) groups is 1. The third kappa shape index (κ3) is 4.21. The van der Waals surface area contributed by atoms with E-state index in [1.54, 1.807) is 24.3 Å². The summed E-state index contributed by atoms with van der Waals surface area (Å²) in [6.45, 7) is 0. The number of benzene rings is 4. The van der Waals surface area contributed by atoms with Gasteiger partial charge in [-0.15, -0.1) is 0 Å². The zero-order chi connectivity index (χ0) is 23.8. The van der Waals surface area contributed by atoms with E-state index < -0.39 is 11.6 Å². The fraction of sp³-hybridized carbons (Fsp3) is 0. The second kappa shape index (κ2) is 8.81. The molecule has 1 heterocycles. The second-order valence-electron chi connectivity index (χ2n) is 7.38. The second-order valence-corrected chi connectivity index (χ2v) is 8.20. The van der Waals surface area contributed by atoms with Gasteiger partial charge in [-0.1, -0.05) is 48.0 Å². The number of hydrogen-bond acceptors (Lipinski definition) is 4. The molecule has 2 N–H and O–H groups in total. The van der Waals surface area contributed by atoms with Crippen LogP contribution >= 0.6 is 23.8 Å². The Morgan fingerprint density at radius 1 is 0.971 bits per heavy atom. The molecular formula is C25H14ClF2N3O2S. The molecule has 0 saturated heterocycles. The minimum atomic E-state index is -1.06. The molecule has 0 spiro atoms. The highest BCUT2D eigenvalue weighted by atomic mass is 35.5. The zero-order valence-electron chi connectivity index (χ0n) is 17.2. The summed E-state index contributed by atoms with van der Waals surface area (Å²) >= 11 is 11.3. The first-order valence-electron chi connectivity index (χ1n) is 10.0. The highest BCUT2D eigenvalue weighted by molar-refractivity contribution is 7.80.